The van der Waals surface area contributed by atoms with Gasteiger partial charge in [0.1, 0.15) is 17.3 Å². The lowest BCUT2D eigenvalue weighted by Crippen LogP contribution is -2.29. The van der Waals surface area contributed by atoms with Gasteiger partial charge >= 0.3 is 0 Å². The third kappa shape index (κ3) is 3.66. The molecule has 1 unspecified atom stereocenters. The first kappa shape index (κ1) is 20.6. The van der Waals surface area contributed by atoms with Crippen molar-refractivity contribution in [3.63, 3.8) is 0 Å². The summed E-state index contributed by atoms with van der Waals surface area (Å²) in [4.78, 5) is 27.3. The molecule has 1 aliphatic heterocycles. The maximum absolute atomic E-state index is 14.0. The van der Waals surface area contributed by atoms with Gasteiger partial charge in [0, 0.05) is 21.8 Å². The van der Waals surface area contributed by atoms with E-state index in [9.17, 15) is 19.1 Å². The molecule has 1 atom stereocenters. The van der Waals surface area contributed by atoms with Crippen molar-refractivity contribution in [3.8, 4) is 5.75 Å². The quantitative estimate of drug-likeness (QED) is 0.350. The van der Waals surface area contributed by atoms with E-state index in [4.69, 9.17) is 16.3 Å². The Morgan fingerprint density at radius 1 is 1.03 bits per heavy atom. The first-order valence-corrected chi connectivity index (χ1v) is 9.75. The highest BCUT2D eigenvalue weighted by atomic mass is 35.5. The summed E-state index contributed by atoms with van der Waals surface area (Å²) in [7, 11) is 1.46. The van der Waals surface area contributed by atoms with Crippen LogP contribution in [-0.4, -0.2) is 23.9 Å². The Bertz CT molecular complexity index is 1210. The van der Waals surface area contributed by atoms with Crippen LogP contribution >= 0.6 is 11.6 Å². The summed E-state index contributed by atoms with van der Waals surface area (Å²) < 4.78 is 19.4. The molecule has 0 bridgehead atoms. The van der Waals surface area contributed by atoms with Crippen molar-refractivity contribution < 1.29 is 23.8 Å². The number of carbonyl (C=O) groups excluding carboxylic acids is 2. The molecule has 0 saturated carbocycles. The van der Waals surface area contributed by atoms with Crippen molar-refractivity contribution in [1.82, 2.24) is 0 Å². The van der Waals surface area contributed by atoms with Gasteiger partial charge in [-0.2, -0.15) is 0 Å². The highest BCUT2D eigenvalue weighted by Gasteiger charge is 2.48. The number of methoxy groups -OCH3 is 1. The Morgan fingerprint density at radius 2 is 1.74 bits per heavy atom. The summed E-state index contributed by atoms with van der Waals surface area (Å²) >= 11 is 5.93. The summed E-state index contributed by atoms with van der Waals surface area (Å²) in [5, 5.41) is 11.5. The lowest BCUT2D eigenvalue weighted by atomic mass is 9.94. The maximum Gasteiger partial charge on any atom is 0.300 e. The number of halogens is 2. The lowest BCUT2D eigenvalue weighted by Gasteiger charge is -2.26. The van der Waals surface area contributed by atoms with Crippen LogP contribution in [0.3, 0.4) is 0 Å². The second-order valence-electron chi connectivity index (χ2n) is 6.90. The second kappa shape index (κ2) is 8.24. The largest absolute Gasteiger partial charge is 0.507 e. The molecule has 31 heavy (non-hydrogen) atoms. The summed E-state index contributed by atoms with van der Waals surface area (Å²) in [6.45, 7) is 0. The zero-order valence-corrected chi connectivity index (χ0v) is 17.1. The van der Waals surface area contributed by atoms with Crippen LogP contribution in [0.5, 0.6) is 5.75 Å². The average molecular weight is 438 g/mol. The monoisotopic (exact) mass is 437 g/mol. The molecule has 1 heterocycles. The van der Waals surface area contributed by atoms with Crippen LogP contribution in [0, 0.1) is 5.82 Å². The summed E-state index contributed by atoms with van der Waals surface area (Å²) in [5.74, 6) is -2.26. The Kier molecular flexibility index (Phi) is 5.48. The Balaban J connectivity index is 1.99. The van der Waals surface area contributed by atoms with E-state index in [-0.39, 0.29) is 17.0 Å². The summed E-state index contributed by atoms with van der Waals surface area (Å²) in [6, 6.07) is 17.4. The molecular formula is C24H17ClFNO4. The number of Topliss-reactive ketones (excluding diaryl/α,β-unsaturated/α-hetero) is 1. The zero-order valence-electron chi connectivity index (χ0n) is 16.4. The minimum atomic E-state index is -1.02. The number of rotatable bonds is 4. The van der Waals surface area contributed by atoms with Gasteiger partial charge in [0.25, 0.3) is 11.7 Å². The van der Waals surface area contributed by atoms with E-state index in [1.165, 1.54) is 30.2 Å². The molecular weight excluding hydrogens is 421 g/mol. The van der Waals surface area contributed by atoms with Gasteiger partial charge in [0.05, 0.1) is 18.7 Å². The van der Waals surface area contributed by atoms with Gasteiger partial charge < -0.3 is 9.84 Å². The Morgan fingerprint density at radius 3 is 2.42 bits per heavy atom. The number of carbonyl (C=O) groups is 2. The van der Waals surface area contributed by atoms with Crippen LogP contribution in [0.2, 0.25) is 5.02 Å². The van der Waals surface area contributed by atoms with E-state index in [1.807, 2.05) is 0 Å². The fourth-order valence-electron chi connectivity index (χ4n) is 3.67. The molecule has 7 heteroatoms. The van der Waals surface area contributed by atoms with Crippen molar-refractivity contribution in [2.24, 2.45) is 0 Å². The molecule has 4 rings (SSSR count). The number of anilines is 1. The third-order valence-electron chi connectivity index (χ3n) is 5.08. The van der Waals surface area contributed by atoms with Crippen LogP contribution in [0.15, 0.2) is 78.4 Å². The number of para-hydroxylation sites is 1. The third-order valence-corrected chi connectivity index (χ3v) is 5.33. The molecule has 156 valence electrons. The van der Waals surface area contributed by atoms with E-state index < -0.39 is 23.5 Å². The SMILES string of the molecule is COc1ccccc1C1/C(=C(\O)c2ccc(Cl)cc2)C(=O)C(=O)N1c1cccc(F)c1. The average Bonchev–Trinajstić information content (AvgIpc) is 3.04. The standard InChI is InChI=1S/C24H17ClFNO4/c1-31-19-8-3-2-7-18(19)21-20(22(28)14-9-11-15(25)12-10-14)23(29)24(30)27(21)17-6-4-5-16(26)13-17/h2-13,21,28H,1H3/b22-20+. The molecule has 0 aliphatic carbocycles. The summed E-state index contributed by atoms with van der Waals surface area (Å²) in [6.07, 6.45) is 0. The van der Waals surface area contributed by atoms with E-state index >= 15 is 0 Å². The molecule has 0 spiro atoms. The predicted octanol–water partition coefficient (Wildman–Crippen LogP) is 5.11. The van der Waals surface area contributed by atoms with Crippen LogP contribution in [-0.2, 0) is 9.59 Å². The number of aliphatic hydroxyl groups excluding tert-OH is 1. The van der Waals surface area contributed by atoms with Gasteiger partial charge in [-0.25, -0.2) is 4.39 Å². The number of hydrogen-bond donors (Lipinski definition) is 1. The fourth-order valence-corrected chi connectivity index (χ4v) is 3.80. The molecule has 0 radical (unpaired) electrons. The van der Waals surface area contributed by atoms with Crippen molar-refractivity contribution in [3.05, 3.63) is 100 Å². The van der Waals surface area contributed by atoms with Gasteiger partial charge in [0.15, 0.2) is 0 Å². The molecule has 5 nitrogen and oxygen atoms in total. The molecule has 1 saturated heterocycles. The van der Waals surface area contributed by atoms with Gasteiger partial charge in [-0.15, -0.1) is 0 Å². The lowest BCUT2D eigenvalue weighted by molar-refractivity contribution is -0.132. The normalized spacial score (nSPS) is 17.8. The smallest absolute Gasteiger partial charge is 0.300 e. The first-order valence-electron chi connectivity index (χ1n) is 9.38. The second-order valence-corrected chi connectivity index (χ2v) is 7.33. The molecule has 3 aromatic rings. The van der Waals surface area contributed by atoms with Gasteiger partial charge in [-0.1, -0.05) is 35.9 Å². The number of nitrogens with zero attached hydrogens (tertiary/aromatic N) is 1. The first-order chi connectivity index (χ1) is 14.9. The fraction of sp³-hybridized carbons (Fsp3) is 0.0833. The summed E-state index contributed by atoms with van der Waals surface area (Å²) in [5.41, 5.74) is 0.861. The van der Waals surface area contributed by atoms with Crippen molar-refractivity contribution in [1.29, 1.82) is 0 Å². The van der Waals surface area contributed by atoms with Gasteiger partial charge in [0.2, 0.25) is 0 Å². The highest BCUT2D eigenvalue weighted by molar-refractivity contribution is 6.51. The number of amides is 1. The van der Waals surface area contributed by atoms with E-state index in [0.717, 1.165) is 6.07 Å². The van der Waals surface area contributed by atoms with E-state index in [0.29, 0.717) is 21.9 Å². The highest BCUT2D eigenvalue weighted by Crippen LogP contribution is 2.44. The van der Waals surface area contributed by atoms with Gasteiger partial charge in [-0.3, -0.25) is 14.5 Å². The van der Waals surface area contributed by atoms with Crippen LogP contribution < -0.4 is 9.64 Å². The number of hydrogen-bond acceptors (Lipinski definition) is 4. The van der Waals surface area contributed by atoms with Crippen molar-refractivity contribution >= 4 is 34.7 Å². The van der Waals surface area contributed by atoms with E-state index in [2.05, 4.69) is 0 Å². The molecule has 3 aromatic carbocycles. The zero-order chi connectivity index (χ0) is 22.1. The van der Waals surface area contributed by atoms with E-state index in [1.54, 1.807) is 48.5 Å². The molecule has 1 N–H and O–H groups in total. The number of benzene rings is 3. The number of aliphatic hydroxyl groups is 1. The number of ether oxygens (including phenoxy) is 1. The molecule has 0 aromatic heterocycles. The maximum atomic E-state index is 14.0. The van der Waals surface area contributed by atoms with Crippen LogP contribution in [0.4, 0.5) is 10.1 Å². The van der Waals surface area contributed by atoms with Crippen LogP contribution in [0.1, 0.15) is 17.2 Å². The topological polar surface area (TPSA) is 66.8 Å². The molecule has 1 aliphatic rings. The Labute approximate surface area is 182 Å². The molecule has 1 fully saturated rings. The van der Waals surface area contributed by atoms with Crippen molar-refractivity contribution in [2.45, 2.75) is 6.04 Å². The minimum Gasteiger partial charge on any atom is -0.507 e. The predicted molar refractivity (Wildman–Crippen MR) is 116 cm³/mol. The van der Waals surface area contributed by atoms with Crippen molar-refractivity contribution in [2.75, 3.05) is 12.0 Å². The minimum absolute atomic E-state index is 0.124. The number of ketones is 1. The Hall–Kier alpha value is -3.64. The van der Waals surface area contributed by atoms with Crippen LogP contribution in [0.25, 0.3) is 5.76 Å². The van der Waals surface area contributed by atoms with Gasteiger partial charge in [-0.05, 0) is 48.5 Å². The molecule has 1 amide bonds.